The zero-order valence-electron chi connectivity index (χ0n) is 12.6. The number of carbonyl (C=O) groups is 1. The Kier molecular flexibility index (Phi) is 5.18. The summed E-state index contributed by atoms with van der Waals surface area (Å²) in [6.07, 6.45) is 1.95. The largest absolute Gasteiger partial charge is 0.496 e. The zero-order valence-corrected chi connectivity index (χ0v) is 12.6. The molecule has 1 unspecified atom stereocenters. The lowest BCUT2D eigenvalue weighted by Gasteiger charge is -2.32. The van der Waals surface area contributed by atoms with Crippen molar-refractivity contribution >= 4 is 5.91 Å². The van der Waals surface area contributed by atoms with Gasteiger partial charge in [-0.25, -0.2) is 0 Å². The first-order valence-electron chi connectivity index (χ1n) is 7.19. The molecule has 2 rings (SSSR count). The highest BCUT2D eigenvalue weighted by molar-refractivity contribution is 5.78. The van der Waals surface area contributed by atoms with Crippen LogP contribution in [0, 0.1) is 17.2 Å². The Morgan fingerprint density at radius 2 is 2.38 bits per heavy atom. The number of piperidine rings is 1. The first-order valence-corrected chi connectivity index (χ1v) is 7.19. The van der Waals surface area contributed by atoms with Gasteiger partial charge in [0.15, 0.2) is 0 Å². The van der Waals surface area contributed by atoms with E-state index in [-0.39, 0.29) is 11.8 Å². The summed E-state index contributed by atoms with van der Waals surface area (Å²) in [5.74, 6) is 0.947. The third kappa shape index (κ3) is 3.73. The van der Waals surface area contributed by atoms with Crippen LogP contribution in [0.2, 0.25) is 0 Å². The number of likely N-dealkylation sites (tertiary alicyclic amines) is 1. The summed E-state index contributed by atoms with van der Waals surface area (Å²) in [6.45, 7) is 2.42. The Hall–Kier alpha value is -2.06. The molecule has 0 radical (unpaired) electrons. The third-order valence-electron chi connectivity index (χ3n) is 3.93. The number of nitriles is 1. The Bertz CT molecular complexity index is 551. The van der Waals surface area contributed by atoms with Gasteiger partial charge >= 0.3 is 0 Å². The van der Waals surface area contributed by atoms with Crippen LogP contribution in [0.25, 0.3) is 0 Å². The molecule has 0 aliphatic carbocycles. The maximum absolute atomic E-state index is 11.8. The van der Waals surface area contributed by atoms with Crippen molar-refractivity contribution in [2.24, 2.45) is 5.92 Å². The number of benzene rings is 1. The predicted molar refractivity (Wildman–Crippen MR) is 79.8 cm³/mol. The molecule has 0 bridgehead atoms. The van der Waals surface area contributed by atoms with E-state index in [2.05, 4.69) is 16.3 Å². The minimum Gasteiger partial charge on any atom is -0.496 e. The summed E-state index contributed by atoms with van der Waals surface area (Å²) in [5, 5.41) is 11.7. The van der Waals surface area contributed by atoms with Crippen LogP contribution < -0.4 is 10.1 Å². The number of methoxy groups -OCH3 is 1. The molecule has 1 aliphatic heterocycles. The van der Waals surface area contributed by atoms with Gasteiger partial charge in [0, 0.05) is 25.7 Å². The summed E-state index contributed by atoms with van der Waals surface area (Å²) in [6, 6.07) is 7.60. The van der Waals surface area contributed by atoms with E-state index in [1.807, 2.05) is 12.1 Å². The van der Waals surface area contributed by atoms with Crippen LogP contribution in [-0.2, 0) is 11.3 Å². The SMILES string of the molecule is CNC(=O)C1CCCN(Cc2cc(C#N)ccc2OC)C1. The molecular formula is C16H21N3O2. The summed E-state index contributed by atoms with van der Waals surface area (Å²) in [4.78, 5) is 14.0. The molecule has 1 amide bonds. The van der Waals surface area contributed by atoms with E-state index >= 15 is 0 Å². The fraction of sp³-hybridized carbons (Fsp3) is 0.500. The molecular weight excluding hydrogens is 266 g/mol. The number of nitrogens with zero attached hydrogens (tertiary/aromatic N) is 2. The van der Waals surface area contributed by atoms with Gasteiger partial charge in [0.2, 0.25) is 5.91 Å². The van der Waals surface area contributed by atoms with Gasteiger partial charge in [0.1, 0.15) is 5.75 Å². The van der Waals surface area contributed by atoms with E-state index in [9.17, 15) is 4.79 Å². The van der Waals surface area contributed by atoms with E-state index in [0.717, 1.165) is 37.2 Å². The molecule has 1 atom stereocenters. The highest BCUT2D eigenvalue weighted by Gasteiger charge is 2.25. The number of carbonyl (C=O) groups excluding carboxylic acids is 1. The summed E-state index contributed by atoms with van der Waals surface area (Å²) in [5.41, 5.74) is 1.62. The Labute approximate surface area is 125 Å². The monoisotopic (exact) mass is 287 g/mol. The minimum absolute atomic E-state index is 0.0499. The van der Waals surface area contributed by atoms with Crippen LogP contribution in [0.15, 0.2) is 18.2 Å². The van der Waals surface area contributed by atoms with Gasteiger partial charge in [-0.3, -0.25) is 9.69 Å². The maximum atomic E-state index is 11.8. The quantitative estimate of drug-likeness (QED) is 0.912. The number of rotatable bonds is 4. The fourth-order valence-corrected chi connectivity index (χ4v) is 2.83. The van der Waals surface area contributed by atoms with E-state index in [1.54, 1.807) is 20.2 Å². The van der Waals surface area contributed by atoms with Crippen molar-refractivity contribution in [3.05, 3.63) is 29.3 Å². The fourth-order valence-electron chi connectivity index (χ4n) is 2.83. The number of hydrogen-bond acceptors (Lipinski definition) is 4. The van der Waals surface area contributed by atoms with Crippen LogP contribution in [0.1, 0.15) is 24.0 Å². The lowest BCUT2D eigenvalue weighted by Crippen LogP contribution is -2.41. The van der Waals surface area contributed by atoms with Crippen molar-refractivity contribution in [1.29, 1.82) is 5.26 Å². The predicted octanol–water partition coefficient (Wildman–Crippen LogP) is 1.52. The topological polar surface area (TPSA) is 65.4 Å². The van der Waals surface area contributed by atoms with Gasteiger partial charge in [0.25, 0.3) is 0 Å². The highest BCUT2D eigenvalue weighted by Crippen LogP contribution is 2.24. The van der Waals surface area contributed by atoms with Crippen molar-refractivity contribution < 1.29 is 9.53 Å². The van der Waals surface area contributed by atoms with Gasteiger partial charge in [-0.1, -0.05) is 0 Å². The first kappa shape index (κ1) is 15.3. The van der Waals surface area contributed by atoms with Gasteiger partial charge in [-0.05, 0) is 37.6 Å². The van der Waals surface area contributed by atoms with E-state index < -0.39 is 0 Å². The third-order valence-corrected chi connectivity index (χ3v) is 3.93. The molecule has 112 valence electrons. The molecule has 0 aromatic heterocycles. The molecule has 1 heterocycles. The van der Waals surface area contributed by atoms with Crippen LogP contribution in [0.3, 0.4) is 0 Å². The standard InChI is InChI=1S/C16H21N3O2/c1-18-16(20)13-4-3-7-19(10-13)11-14-8-12(9-17)5-6-15(14)21-2/h5-6,8,13H,3-4,7,10-11H2,1-2H3,(H,18,20). The molecule has 1 aliphatic rings. The molecule has 1 fully saturated rings. The lowest BCUT2D eigenvalue weighted by molar-refractivity contribution is -0.126. The number of amides is 1. The van der Waals surface area contributed by atoms with Crippen LogP contribution in [0.5, 0.6) is 5.75 Å². The molecule has 1 N–H and O–H groups in total. The van der Waals surface area contributed by atoms with Crippen molar-refractivity contribution in [2.75, 3.05) is 27.2 Å². The molecule has 5 nitrogen and oxygen atoms in total. The van der Waals surface area contributed by atoms with E-state index in [0.29, 0.717) is 12.1 Å². The second-order valence-corrected chi connectivity index (χ2v) is 5.33. The number of hydrogen-bond donors (Lipinski definition) is 1. The number of ether oxygens (including phenoxy) is 1. The summed E-state index contributed by atoms with van der Waals surface area (Å²) < 4.78 is 5.37. The van der Waals surface area contributed by atoms with Crippen molar-refractivity contribution in [2.45, 2.75) is 19.4 Å². The van der Waals surface area contributed by atoms with E-state index in [1.165, 1.54) is 0 Å². The lowest BCUT2D eigenvalue weighted by atomic mass is 9.96. The van der Waals surface area contributed by atoms with Crippen LogP contribution in [0.4, 0.5) is 0 Å². The van der Waals surface area contributed by atoms with Crippen molar-refractivity contribution in [3.8, 4) is 11.8 Å². The maximum Gasteiger partial charge on any atom is 0.224 e. The Balaban J connectivity index is 2.10. The summed E-state index contributed by atoms with van der Waals surface area (Å²) >= 11 is 0. The highest BCUT2D eigenvalue weighted by atomic mass is 16.5. The molecule has 1 saturated heterocycles. The molecule has 1 aromatic carbocycles. The number of nitrogens with one attached hydrogen (secondary N) is 1. The van der Waals surface area contributed by atoms with Gasteiger partial charge in [-0.2, -0.15) is 5.26 Å². The van der Waals surface area contributed by atoms with Gasteiger partial charge in [0.05, 0.1) is 24.7 Å². The van der Waals surface area contributed by atoms with Crippen LogP contribution in [-0.4, -0.2) is 38.1 Å². The molecule has 21 heavy (non-hydrogen) atoms. The normalized spacial score (nSPS) is 18.8. The first-order chi connectivity index (χ1) is 10.2. The Morgan fingerprint density at radius 1 is 1.57 bits per heavy atom. The molecule has 1 aromatic rings. The second kappa shape index (κ2) is 7.09. The second-order valence-electron chi connectivity index (χ2n) is 5.33. The average Bonchev–Trinajstić information content (AvgIpc) is 2.54. The molecule has 0 spiro atoms. The minimum atomic E-state index is 0.0499. The molecule has 0 saturated carbocycles. The van der Waals surface area contributed by atoms with Crippen LogP contribution >= 0.6 is 0 Å². The van der Waals surface area contributed by atoms with Gasteiger partial charge in [-0.15, -0.1) is 0 Å². The smallest absolute Gasteiger partial charge is 0.224 e. The molecule has 5 heteroatoms. The zero-order chi connectivity index (χ0) is 15.2. The van der Waals surface area contributed by atoms with Crippen molar-refractivity contribution in [1.82, 2.24) is 10.2 Å². The average molecular weight is 287 g/mol. The Morgan fingerprint density at radius 3 is 3.05 bits per heavy atom. The van der Waals surface area contributed by atoms with Gasteiger partial charge < -0.3 is 10.1 Å². The summed E-state index contributed by atoms with van der Waals surface area (Å²) in [7, 11) is 3.31. The van der Waals surface area contributed by atoms with E-state index in [4.69, 9.17) is 10.00 Å². The van der Waals surface area contributed by atoms with Crippen molar-refractivity contribution in [3.63, 3.8) is 0 Å².